The molecule has 2 aliphatic rings. The Morgan fingerprint density at radius 1 is 1.00 bits per heavy atom. The maximum absolute atomic E-state index is 12.9. The number of nitrogens with zero attached hydrogens (tertiary/aromatic N) is 3. The third kappa shape index (κ3) is 5.41. The van der Waals surface area contributed by atoms with Gasteiger partial charge in [0.15, 0.2) is 0 Å². The van der Waals surface area contributed by atoms with Gasteiger partial charge in [-0.25, -0.2) is 0 Å². The molecule has 0 spiro atoms. The highest BCUT2D eigenvalue weighted by Crippen LogP contribution is 2.31. The maximum atomic E-state index is 12.9. The van der Waals surface area contributed by atoms with Crippen molar-refractivity contribution in [2.75, 3.05) is 19.6 Å². The highest BCUT2D eigenvalue weighted by atomic mass is 16.1. The van der Waals surface area contributed by atoms with Gasteiger partial charge in [0.1, 0.15) is 5.69 Å². The van der Waals surface area contributed by atoms with E-state index >= 15 is 0 Å². The minimum absolute atomic E-state index is 0.0835. The van der Waals surface area contributed by atoms with Gasteiger partial charge in [0.05, 0.1) is 11.7 Å². The van der Waals surface area contributed by atoms with Crippen molar-refractivity contribution in [2.24, 2.45) is 11.8 Å². The Kier molecular flexibility index (Phi) is 6.88. The van der Waals surface area contributed by atoms with Crippen LogP contribution in [-0.2, 0) is 0 Å². The van der Waals surface area contributed by atoms with E-state index in [2.05, 4.69) is 20.2 Å². The molecule has 1 saturated heterocycles. The van der Waals surface area contributed by atoms with E-state index in [0.717, 1.165) is 24.6 Å². The van der Waals surface area contributed by atoms with Crippen molar-refractivity contribution in [1.82, 2.24) is 20.2 Å². The van der Waals surface area contributed by atoms with Crippen molar-refractivity contribution in [1.29, 1.82) is 0 Å². The molecule has 1 N–H and O–H groups in total. The van der Waals surface area contributed by atoms with Crippen LogP contribution in [0.1, 0.15) is 67.2 Å². The van der Waals surface area contributed by atoms with Crippen molar-refractivity contribution in [3.63, 3.8) is 0 Å². The van der Waals surface area contributed by atoms with Gasteiger partial charge in [-0.3, -0.25) is 14.8 Å². The largest absolute Gasteiger partial charge is 0.342 e. The molecular formula is C24H32N4O. The van der Waals surface area contributed by atoms with Crippen LogP contribution in [-0.4, -0.2) is 40.4 Å². The van der Waals surface area contributed by atoms with Gasteiger partial charge in [-0.2, -0.15) is 0 Å². The number of pyridine rings is 2. The standard InChI is InChI=1S/C24H32N4O/c29-24(22-13-5-7-15-26-22)27-23(21-12-4-6-14-25-21)20-11-8-16-28(18-20)17-19-9-2-1-3-10-19/h4-7,12-15,19-20,23H,1-3,8-11,16-18H2,(H,27,29)/t20-,23+/m1/s1. The molecule has 1 aliphatic carbocycles. The predicted molar refractivity (Wildman–Crippen MR) is 114 cm³/mol. The number of hydrogen-bond acceptors (Lipinski definition) is 4. The van der Waals surface area contributed by atoms with Gasteiger partial charge in [0, 0.05) is 25.5 Å². The lowest BCUT2D eigenvalue weighted by molar-refractivity contribution is 0.0851. The first-order chi connectivity index (χ1) is 14.3. The van der Waals surface area contributed by atoms with E-state index in [-0.39, 0.29) is 11.9 Å². The van der Waals surface area contributed by atoms with Crippen LogP contribution in [0.4, 0.5) is 0 Å². The number of carbonyl (C=O) groups is 1. The van der Waals surface area contributed by atoms with Gasteiger partial charge in [-0.15, -0.1) is 0 Å². The van der Waals surface area contributed by atoms with Gasteiger partial charge >= 0.3 is 0 Å². The lowest BCUT2D eigenvalue weighted by Gasteiger charge is -2.39. The first-order valence-electron chi connectivity index (χ1n) is 11.1. The Balaban J connectivity index is 1.47. The van der Waals surface area contributed by atoms with E-state index in [1.54, 1.807) is 12.3 Å². The van der Waals surface area contributed by atoms with E-state index in [1.807, 2.05) is 36.5 Å². The van der Waals surface area contributed by atoms with Crippen molar-refractivity contribution in [3.05, 3.63) is 60.2 Å². The molecule has 29 heavy (non-hydrogen) atoms. The van der Waals surface area contributed by atoms with E-state index in [1.165, 1.54) is 51.6 Å². The smallest absolute Gasteiger partial charge is 0.270 e. The summed E-state index contributed by atoms with van der Waals surface area (Å²) in [5.41, 5.74) is 1.41. The van der Waals surface area contributed by atoms with Crippen molar-refractivity contribution < 1.29 is 4.79 Å². The fourth-order valence-electron chi connectivity index (χ4n) is 4.97. The second-order valence-electron chi connectivity index (χ2n) is 8.59. The van der Waals surface area contributed by atoms with Crippen LogP contribution in [0, 0.1) is 11.8 Å². The van der Waals surface area contributed by atoms with E-state index in [0.29, 0.717) is 11.6 Å². The zero-order valence-electron chi connectivity index (χ0n) is 17.2. The van der Waals surface area contributed by atoms with Crippen molar-refractivity contribution in [3.8, 4) is 0 Å². The molecule has 0 unspecified atom stereocenters. The fraction of sp³-hybridized carbons (Fsp3) is 0.542. The van der Waals surface area contributed by atoms with Crippen LogP contribution in [0.15, 0.2) is 48.8 Å². The van der Waals surface area contributed by atoms with Crippen LogP contribution < -0.4 is 5.32 Å². The number of likely N-dealkylation sites (tertiary alicyclic amines) is 1. The summed E-state index contributed by atoms with van der Waals surface area (Å²) in [6, 6.07) is 11.3. The molecule has 2 aromatic rings. The summed E-state index contributed by atoms with van der Waals surface area (Å²) in [6.45, 7) is 3.41. The number of aromatic nitrogens is 2. The zero-order valence-corrected chi connectivity index (χ0v) is 17.2. The summed E-state index contributed by atoms with van der Waals surface area (Å²) in [5, 5.41) is 3.25. The quantitative estimate of drug-likeness (QED) is 0.799. The molecule has 154 valence electrons. The highest BCUT2D eigenvalue weighted by molar-refractivity contribution is 5.92. The molecule has 1 saturated carbocycles. The molecule has 0 aromatic carbocycles. The summed E-state index contributed by atoms with van der Waals surface area (Å²) in [5.74, 6) is 1.10. The molecule has 2 fully saturated rings. The van der Waals surface area contributed by atoms with Gasteiger partial charge in [-0.05, 0) is 68.3 Å². The van der Waals surface area contributed by atoms with E-state index < -0.39 is 0 Å². The van der Waals surface area contributed by atoms with Crippen molar-refractivity contribution >= 4 is 5.91 Å². The summed E-state index contributed by atoms with van der Waals surface area (Å²) in [7, 11) is 0. The Morgan fingerprint density at radius 3 is 2.52 bits per heavy atom. The van der Waals surface area contributed by atoms with Crippen LogP contribution >= 0.6 is 0 Å². The lowest BCUT2D eigenvalue weighted by atomic mass is 9.85. The Labute approximate surface area is 173 Å². The number of hydrogen-bond donors (Lipinski definition) is 1. The summed E-state index contributed by atoms with van der Waals surface area (Å²) < 4.78 is 0. The normalized spacial score (nSPS) is 22.1. The molecule has 5 heteroatoms. The lowest BCUT2D eigenvalue weighted by Crippen LogP contribution is -2.45. The minimum Gasteiger partial charge on any atom is -0.342 e. The van der Waals surface area contributed by atoms with Gasteiger partial charge < -0.3 is 10.2 Å². The predicted octanol–water partition coefficient (Wildman–Crippen LogP) is 4.24. The van der Waals surface area contributed by atoms with E-state index in [4.69, 9.17) is 0 Å². The second-order valence-corrected chi connectivity index (χ2v) is 8.59. The minimum atomic E-state index is -0.120. The molecule has 2 atom stereocenters. The van der Waals surface area contributed by atoms with Gasteiger partial charge in [-0.1, -0.05) is 31.4 Å². The summed E-state index contributed by atoms with van der Waals surface area (Å²) in [4.78, 5) is 24.3. The van der Waals surface area contributed by atoms with Crippen LogP contribution in [0.5, 0.6) is 0 Å². The third-order valence-corrected chi connectivity index (χ3v) is 6.45. The van der Waals surface area contributed by atoms with E-state index in [9.17, 15) is 4.79 Å². The number of piperidine rings is 1. The number of amides is 1. The highest BCUT2D eigenvalue weighted by Gasteiger charge is 2.31. The molecule has 5 nitrogen and oxygen atoms in total. The van der Waals surface area contributed by atoms with Crippen LogP contribution in [0.3, 0.4) is 0 Å². The number of rotatable bonds is 6. The van der Waals surface area contributed by atoms with Crippen LogP contribution in [0.25, 0.3) is 0 Å². The first kappa shape index (κ1) is 20.0. The average Bonchev–Trinajstić information content (AvgIpc) is 2.79. The molecule has 3 heterocycles. The number of nitrogens with one attached hydrogen (secondary N) is 1. The van der Waals surface area contributed by atoms with Gasteiger partial charge in [0.2, 0.25) is 0 Å². The van der Waals surface area contributed by atoms with Gasteiger partial charge in [0.25, 0.3) is 5.91 Å². The third-order valence-electron chi connectivity index (χ3n) is 6.45. The zero-order chi connectivity index (χ0) is 19.9. The van der Waals surface area contributed by atoms with Crippen LogP contribution in [0.2, 0.25) is 0 Å². The fourth-order valence-corrected chi connectivity index (χ4v) is 4.97. The monoisotopic (exact) mass is 392 g/mol. The molecule has 4 rings (SSSR count). The molecule has 1 amide bonds. The number of carbonyl (C=O) groups excluding carboxylic acids is 1. The molecule has 1 aliphatic heterocycles. The molecule has 0 bridgehead atoms. The maximum Gasteiger partial charge on any atom is 0.270 e. The average molecular weight is 393 g/mol. The Hall–Kier alpha value is -2.27. The molecule has 2 aromatic heterocycles. The summed E-state index contributed by atoms with van der Waals surface area (Å²) in [6.07, 6.45) is 12.7. The SMILES string of the molecule is O=C(N[C@H](c1ccccn1)[C@@H]1CCCN(CC2CCCCC2)C1)c1ccccn1. The molecule has 0 radical (unpaired) electrons. The summed E-state index contributed by atoms with van der Waals surface area (Å²) >= 11 is 0. The molecular weight excluding hydrogens is 360 g/mol. The first-order valence-corrected chi connectivity index (χ1v) is 11.1. The Morgan fingerprint density at radius 2 is 1.79 bits per heavy atom. The van der Waals surface area contributed by atoms with Crippen molar-refractivity contribution in [2.45, 2.75) is 51.0 Å². The Bertz CT molecular complexity index is 761. The topological polar surface area (TPSA) is 58.1 Å². The second kappa shape index (κ2) is 9.97.